The molecule has 19 heavy (non-hydrogen) atoms. The molecule has 0 bridgehead atoms. The van der Waals surface area contributed by atoms with Crippen LogP contribution in [0, 0.1) is 5.41 Å². The Morgan fingerprint density at radius 1 is 1.37 bits per heavy atom. The zero-order chi connectivity index (χ0) is 14.0. The maximum absolute atomic E-state index is 9.66. The third-order valence-electron chi connectivity index (χ3n) is 3.60. The zero-order valence-electron chi connectivity index (χ0n) is 12.3. The molecule has 1 fully saturated rings. The number of β-amino-alcohol motifs (C(OH)–C–C–N with tert-alkyl or cyclic N) is 1. The van der Waals surface area contributed by atoms with Crippen LogP contribution in [0.4, 0.5) is 5.69 Å². The molecule has 1 heterocycles. The van der Waals surface area contributed by atoms with Gasteiger partial charge in [0.2, 0.25) is 0 Å². The molecule has 1 unspecified atom stereocenters. The van der Waals surface area contributed by atoms with Crippen LogP contribution in [0.15, 0.2) is 18.2 Å². The van der Waals surface area contributed by atoms with E-state index in [0.29, 0.717) is 6.54 Å². The number of hydrogen-bond donors (Lipinski definition) is 2. The zero-order valence-corrected chi connectivity index (χ0v) is 12.3. The quantitative estimate of drug-likeness (QED) is 0.879. The van der Waals surface area contributed by atoms with Gasteiger partial charge in [-0.15, -0.1) is 0 Å². The van der Waals surface area contributed by atoms with Crippen molar-refractivity contribution in [1.29, 1.82) is 0 Å². The van der Waals surface area contributed by atoms with E-state index in [2.05, 4.69) is 43.9 Å². The van der Waals surface area contributed by atoms with Gasteiger partial charge in [0.15, 0.2) is 0 Å². The molecule has 0 radical (unpaired) electrons. The summed E-state index contributed by atoms with van der Waals surface area (Å²) < 4.78 is 0. The Bertz CT molecular complexity index is 437. The van der Waals surface area contributed by atoms with Gasteiger partial charge in [0.1, 0.15) is 0 Å². The lowest BCUT2D eigenvalue weighted by Crippen LogP contribution is -2.23. The Morgan fingerprint density at radius 3 is 2.63 bits per heavy atom. The second-order valence-corrected chi connectivity index (χ2v) is 6.79. The first kappa shape index (κ1) is 14.4. The maximum atomic E-state index is 9.66. The smallest absolute Gasteiger partial charge is 0.0731 e. The number of rotatable bonds is 3. The van der Waals surface area contributed by atoms with Crippen molar-refractivity contribution in [3.63, 3.8) is 0 Å². The van der Waals surface area contributed by atoms with E-state index in [-0.39, 0.29) is 11.5 Å². The first-order valence-electron chi connectivity index (χ1n) is 7.14. The van der Waals surface area contributed by atoms with Crippen molar-refractivity contribution < 1.29 is 5.11 Å². The number of aliphatic hydroxyl groups is 1. The Balaban J connectivity index is 2.21. The highest BCUT2D eigenvalue weighted by Gasteiger charge is 2.22. The monoisotopic (exact) mass is 262 g/mol. The highest BCUT2D eigenvalue weighted by Crippen LogP contribution is 2.28. The third kappa shape index (κ3) is 3.71. The van der Waals surface area contributed by atoms with E-state index in [1.165, 1.54) is 16.8 Å². The average molecular weight is 262 g/mol. The second-order valence-electron chi connectivity index (χ2n) is 6.79. The van der Waals surface area contributed by atoms with Crippen LogP contribution in [0.1, 0.15) is 38.3 Å². The molecule has 106 valence electrons. The van der Waals surface area contributed by atoms with Gasteiger partial charge in [-0.1, -0.05) is 32.9 Å². The van der Waals surface area contributed by atoms with Crippen LogP contribution in [-0.2, 0) is 13.0 Å². The minimum atomic E-state index is -0.195. The lowest BCUT2D eigenvalue weighted by atomic mass is 9.87. The molecule has 1 atom stereocenters. The van der Waals surface area contributed by atoms with Crippen LogP contribution in [0.2, 0.25) is 0 Å². The van der Waals surface area contributed by atoms with E-state index in [4.69, 9.17) is 5.73 Å². The van der Waals surface area contributed by atoms with Crippen molar-refractivity contribution in [3.8, 4) is 0 Å². The van der Waals surface area contributed by atoms with Crippen molar-refractivity contribution in [2.24, 2.45) is 11.1 Å². The van der Waals surface area contributed by atoms with Crippen LogP contribution < -0.4 is 10.6 Å². The van der Waals surface area contributed by atoms with Crippen LogP contribution in [0.25, 0.3) is 0 Å². The molecule has 2 rings (SSSR count). The van der Waals surface area contributed by atoms with Crippen molar-refractivity contribution >= 4 is 5.69 Å². The van der Waals surface area contributed by atoms with E-state index < -0.39 is 0 Å². The summed E-state index contributed by atoms with van der Waals surface area (Å²) in [6.45, 7) is 8.96. The highest BCUT2D eigenvalue weighted by atomic mass is 16.3. The highest BCUT2D eigenvalue weighted by molar-refractivity contribution is 5.56. The molecule has 0 aromatic heterocycles. The lowest BCUT2D eigenvalue weighted by Gasteiger charge is -2.23. The summed E-state index contributed by atoms with van der Waals surface area (Å²) in [4.78, 5) is 2.24. The molecule has 3 nitrogen and oxygen atoms in total. The molecule has 1 aliphatic rings. The number of nitrogens with zero attached hydrogens (tertiary/aromatic N) is 1. The van der Waals surface area contributed by atoms with Crippen molar-refractivity contribution in [3.05, 3.63) is 29.3 Å². The first-order valence-corrected chi connectivity index (χ1v) is 7.14. The molecule has 0 saturated carbocycles. The Morgan fingerprint density at radius 2 is 2.11 bits per heavy atom. The Labute approximate surface area is 116 Å². The summed E-state index contributed by atoms with van der Waals surface area (Å²) in [6, 6.07) is 6.59. The lowest BCUT2D eigenvalue weighted by molar-refractivity contribution is 0.198. The standard InChI is InChI=1S/C16H26N2O/c1-16(2,3)9-12-4-5-15(13(8-12)10-17)18-7-6-14(19)11-18/h4-5,8,14,19H,6-7,9-11,17H2,1-3H3. The summed E-state index contributed by atoms with van der Waals surface area (Å²) in [6.07, 6.45) is 1.72. The maximum Gasteiger partial charge on any atom is 0.0731 e. The third-order valence-corrected chi connectivity index (χ3v) is 3.60. The molecule has 3 heteroatoms. The van der Waals surface area contributed by atoms with Gasteiger partial charge in [-0.2, -0.15) is 0 Å². The predicted molar refractivity (Wildman–Crippen MR) is 80.3 cm³/mol. The van der Waals surface area contributed by atoms with Crippen molar-refractivity contribution in [2.75, 3.05) is 18.0 Å². The van der Waals surface area contributed by atoms with Crippen LogP contribution >= 0.6 is 0 Å². The minimum Gasteiger partial charge on any atom is -0.391 e. The fourth-order valence-corrected chi connectivity index (χ4v) is 2.79. The van der Waals surface area contributed by atoms with Gasteiger partial charge >= 0.3 is 0 Å². The number of benzene rings is 1. The molecular weight excluding hydrogens is 236 g/mol. The van der Waals surface area contributed by atoms with Gasteiger partial charge in [0.25, 0.3) is 0 Å². The summed E-state index contributed by atoms with van der Waals surface area (Å²) in [7, 11) is 0. The molecule has 0 aliphatic carbocycles. The second kappa shape index (κ2) is 5.51. The van der Waals surface area contributed by atoms with E-state index in [1.54, 1.807) is 0 Å². The molecular formula is C16H26N2O. The molecule has 1 saturated heterocycles. The van der Waals surface area contributed by atoms with Gasteiger partial charge in [-0.25, -0.2) is 0 Å². The Hall–Kier alpha value is -1.06. The number of nitrogens with two attached hydrogens (primary N) is 1. The molecule has 1 aromatic rings. The largest absolute Gasteiger partial charge is 0.391 e. The van der Waals surface area contributed by atoms with Gasteiger partial charge in [-0.3, -0.25) is 0 Å². The molecule has 3 N–H and O–H groups in total. The van der Waals surface area contributed by atoms with Crippen molar-refractivity contribution in [2.45, 2.75) is 46.3 Å². The summed E-state index contributed by atoms with van der Waals surface area (Å²) in [5.74, 6) is 0. The van der Waals surface area contributed by atoms with Crippen molar-refractivity contribution in [1.82, 2.24) is 0 Å². The van der Waals surface area contributed by atoms with Gasteiger partial charge in [0, 0.05) is 25.3 Å². The topological polar surface area (TPSA) is 49.5 Å². The van der Waals surface area contributed by atoms with Gasteiger partial charge < -0.3 is 15.7 Å². The fraction of sp³-hybridized carbons (Fsp3) is 0.625. The van der Waals surface area contributed by atoms with E-state index in [9.17, 15) is 5.11 Å². The SMILES string of the molecule is CC(C)(C)Cc1ccc(N2CCC(O)C2)c(CN)c1. The summed E-state index contributed by atoms with van der Waals surface area (Å²) in [5, 5.41) is 9.66. The number of aliphatic hydroxyl groups excluding tert-OH is 1. The van der Waals surface area contributed by atoms with Crippen LogP contribution in [0.5, 0.6) is 0 Å². The predicted octanol–water partition coefficient (Wildman–Crippen LogP) is 2.30. The number of anilines is 1. The van der Waals surface area contributed by atoms with E-state index in [0.717, 1.165) is 25.9 Å². The molecule has 1 aliphatic heterocycles. The van der Waals surface area contributed by atoms with E-state index >= 15 is 0 Å². The summed E-state index contributed by atoms with van der Waals surface area (Å²) >= 11 is 0. The molecule has 0 spiro atoms. The average Bonchev–Trinajstić information content (AvgIpc) is 2.73. The normalized spacial score (nSPS) is 20.1. The first-order chi connectivity index (χ1) is 8.89. The number of hydrogen-bond acceptors (Lipinski definition) is 3. The van der Waals surface area contributed by atoms with E-state index in [1.807, 2.05) is 0 Å². The molecule has 1 aromatic carbocycles. The van der Waals surface area contributed by atoms with Crippen LogP contribution in [-0.4, -0.2) is 24.3 Å². The molecule has 0 amide bonds. The summed E-state index contributed by atoms with van der Waals surface area (Å²) in [5.41, 5.74) is 9.91. The fourth-order valence-electron chi connectivity index (χ4n) is 2.79. The van der Waals surface area contributed by atoms with Gasteiger partial charge in [-0.05, 0) is 35.4 Å². The van der Waals surface area contributed by atoms with Gasteiger partial charge in [0.05, 0.1) is 6.10 Å². The van der Waals surface area contributed by atoms with Crippen LogP contribution in [0.3, 0.4) is 0 Å². The Kier molecular flexibility index (Phi) is 4.16. The minimum absolute atomic E-state index is 0.195.